The van der Waals surface area contributed by atoms with E-state index in [-0.39, 0.29) is 5.41 Å². The van der Waals surface area contributed by atoms with Crippen LogP contribution >= 0.6 is 0 Å². The molecule has 2 N–H and O–H groups in total. The second-order valence-electron chi connectivity index (χ2n) is 9.11. The van der Waals surface area contributed by atoms with Gasteiger partial charge in [-0.1, -0.05) is 44.2 Å². The van der Waals surface area contributed by atoms with Gasteiger partial charge in [-0.3, -0.25) is 0 Å². The lowest BCUT2D eigenvalue weighted by atomic mass is 9.73. The summed E-state index contributed by atoms with van der Waals surface area (Å²) >= 11 is 0. The van der Waals surface area contributed by atoms with E-state index in [1.54, 1.807) is 7.11 Å². The predicted molar refractivity (Wildman–Crippen MR) is 118 cm³/mol. The van der Waals surface area contributed by atoms with Crippen molar-refractivity contribution in [3.05, 3.63) is 76.3 Å². The summed E-state index contributed by atoms with van der Waals surface area (Å²) < 4.78 is 6.33. The molecule has 0 radical (unpaired) electrons. The Morgan fingerprint density at radius 3 is 2.63 bits per heavy atom. The molecule has 4 aromatic rings. The van der Waals surface area contributed by atoms with Gasteiger partial charge in [-0.15, -0.1) is 0 Å². The zero-order chi connectivity index (χ0) is 21.0. The van der Waals surface area contributed by atoms with Gasteiger partial charge in [0.15, 0.2) is 5.69 Å². The molecule has 2 aromatic carbocycles. The summed E-state index contributed by atoms with van der Waals surface area (Å²) in [7, 11) is 1.64. The molecular weight excluding hydrogens is 376 g/mol. The molecule has 0 aliphatic heterocycles. The van der Waals surface area contributed by atoms with Crippen molar-refractivity contribution in [1.82, 2.24) is 4.98 Å². The first-order valence-corrected chi connectivity index (χ1v) is 10.4. The summed E-state index contributed by atoms with van der Waals surface area (Å²) in [5.74, 6) is 0.792. The van der Waals surface area contributed by atoms with E-state index in [0.29, 0.717) is 30.7 Å². The van der Waals surface area contributed by atoms with Crippen molar-refractivity contribution < 1.29 is 14.6 Å². The van der Waals surface area contributed by atoms with Crippen LogP contribution in [0.1, 0.15) is 48.9 Å². The van der Waals surface area contributed by atoms with Gasteiger partial charge in [0, 0.05) is 22.7 Å². The van der Waals surface area contributed by atoms with E-state index in [4.69, 9.17) is 4.74 Å². The number of fused-ring (bicyclic) bond motifs is 5. The summed E-state index contributed by atoms with van der Waals surface area (Å²) in [5, 5.41) is 26.7. The van der Waals surface area contributed by atoms with Gasteiger partial charge >= 0.3 is 0 Å². The van der Waals surface area contributed by atoms with Crippen LogP contribution in [-0.2, 0) is 12.8 Å². The Morgan fingerprint density at radius 2 is 1.90 bits per heavy atom. The van der Waals surface area contributed by atoms with Gasteiger partial charge in [-0.2, -0.15) is 4.73 Å². The molecular formula is C25H26N2O3. The molecule has 0 saturated carbocycles. The number of pyridine rings is 1. The Labute approximate surface area is 175 Å². The minimum absolute atomic E-state index is 0.129. The highest BCUT2D eigenvalue weighted by atomic mass is 16.5. The van der Waals surface area contributed by atoms with Gasteiger partial charge in [0.05, 0.1) is 25.2 Å². The quantitative estimate of drug-likeness (QED) is 0.390. The van der Waals surface area contributed by atoms with Crippen LogP contribution in [-0.4, -0.2) is 17.2 Å². The van der Waals surface area contributed by atoms with Gasteiger partial charge in [-0.25, -0.2) is 0 Å². The molecule has 1 aliphatic carbocycles. The lowest BCUT2D eigenvalue weighted by molar-refractivity contribution is -0.622. The smallest absolute Gasteiger partial charge is 0.221 e. The molecule has 5 nitrogen and oxygen atoms in total. The molecule has 5 heteroatoms. The first-order chi connectivity index (χ1) is 14.4. The number of nitrogens with zero attached hydrogens (tertiary/aromatic N) is 1. The first kappa shape index (κ1) is 18.9. The van der Waals surface area contributed by atoms with E-state index in [9.17, 15) is 10.3 Å². The van der Waals surface area contributed by atoms with Crippen LogP contribution in [0.15, 0.2) is 48.5 Å². The molecule has 2 aromatic heterocycles. The number of benzene rings is 2. The Morgan fingerprint density at radius 1 is 1.17 bits per heavy atom. The standard InChI is InChI=1S/C25H26N2O3/c1-25(2)13-20-23(21(28)14-25)22-17-6-4-5-7-18(17)26-24(22)19(27(20)29)12-15-8-10-16(30-3)11-9-15/h4-11,21,26,28H,12-14H2,1-3H3. The monoisotopic (exact) mass is 402 g/mol. The summed E-state index contributed by atoms with van der Waals surface area (Å²) in [4.78, 5) is 3.46. The van der Waals surface area contributed by atoms with Crippen LogP contribution in [0.25, 0.3) is 21.8 Å². The second-order valence-corrected chi connectivity index (χ2v) is 9.11. The molecule has 1 atom stereocenters. The van der Waals surface area contributed by atoms with Crippen LogP contribution in [0, 0.1) is 10.6 Å². The van der Waals surface area contributed by atoms with E-state index in [0.717, 1.165) is 43.4 Å². The number of H-pyrrole nitrogens is 1. The molecule has 1 aliphatic rings. The van der Waals surface area contributed by atoms with E-state index in [2.05, 4.69) is 24.9 Å². The Bertz CT molecular complexity index is 1260. The Balaban J connectivity index is 1.79. The molecule has 30 heavy (non-hydrogen) atoms. The highest BCUT2D eigenvalue weighted by molar-refractivity contribution is 6.09. The zero-order valence-electron chi connectivity index (χ0n) is 17.5. The maximum atomic E-state index is 13.6. The zero-order valence-corrected chi connectivity index (χ0v) is 17.5. The number of aliphatic hydroxyl groups excluding tert-OH is 1. The molecule has 0 saturated heterocycles. The molecule has 0 amide bonds. The lowest BCUT2D eigenvalue weighted by Crippen LogP contribution is -2.43. The van der Waals surface area contributed by atoms with Gasteiger partial charge < -0.3 is 20.0 Å². The number of aromatic nitrogens is 2. The SMILES string of the molecule is COc1ccc(Cc2c3[nH]c4ccccc4c3c3c([n+]2[O-])CC(C)(C)CC3O)cc1. The van der Waals surface area contributed by atoms with Crippen molar-refractivity contribution in [2.45, 2.75) is 39.2 Å². The van der Waals surface area contributed by atoms with Crippen LogP contribution in [0.4, 0.5) is 0 Å². The topological polar surface area (TPSA) is 72.2 Å². The van der Waals surface area contributed by atoms with Gasteiger partial charge in [-0.05, 0) is 35.6 Å². The van der Waals surface area contributed by atoms with E-state index in [1.165, 1.54) is 0 Å². The second kappa shape index (κ2) is 6.74. The van der Waals surface area contributed by atoms with E-state index in [1.807, 2.05) is 42.5 Å². The average Bonchev–Trinajstić information content (AvgIpc) is 3.10. The van der Waals surface area contributed by atoms with E-state index >= 15 is 0 Å². The number of hydrogen-bond donors (Lipinski definition) is 2. The van der Waals surface area contributed by atoms with Gasteiger partial charge in [0.2, 0.25) is 5.69 Å². The maximum Gasteiger partial charge on any atom is 0.221 e. The summed E-state index contributed by atoms with van der Waals surface area (Å²) in [6.45, 7) is 4.23. The van der Waals surface area contributed by atoms with Crippen LogP contribution in [0.2, 0.25) is 0 Å². The van der Waals surface area contributed by atoms with Crippen molar-refractivity contribution in [3.63, 3.8) is 0 Å². The van der Waals surface area contributed by atoms with E-state index < -0.39 is 6.10 Å². The summed E-state index contributed by atoms with van der Waals surface area (Å²) in [6, 6.07) is 15.9. The highest BCUT2D eigenvalue weighted by Crippen LogP contribution is 2.44. The van der Waals surface area contributed by atoms with Crippen molar-refractivity contribution in [3.8, 4) is 5.75 Å². The highest BCUT2D eigenvalue weighted by Gasteiger charge is 2.39. The molecule has 154 valence electrons. The average molecular weight is 402 g/mol. The fraction of sp³-hybridized carbons (Fsp3) is 0.320. The van der Waals surface area contributed by atoms with Gasteiger partial charge in [0.1, 0.15) is 11.3 Å². The van der Waals surface area contributed by atoms with Crippen LogP contribution in [0.5, 0.6) is 5.75 Å². The fourth-order valence-corrected chi connectivity index (χ4v) is 4.93. The number of para-hydroxylation sites is 1. The van der Waals surface area contributed by atoms with Gasteiger partial charge in [0.25, 0.3) is 0 Å². The Hall–Kier alpha value is -3.05. The third-order valence-corrected chi connectivity index (χ3v) is 6.32. The predicted octanol–water partition coefficient (Wildman–Crippen LogP) is 4.56. The molecule has 0 bridgehead atoms. The number of aromatic amines is 1. The number of aliphatic hydroxyl groups is 1. The normalized spacial score (nSPS) is 17.9. The third-order valence-electron chi connectivity index (χ3n) is 6.32. The number of ether oxygens (including phenoxy) is 1. The number of hydrogen-bond acceptors (Lipinski definition) is 3. The third kappa shape index (κ3) is 2.92. The van der Waals surface area contributed by atoms with Crippen LogP contribution in [0.3, 0.4) is 0 Å². The Kier molecular flexibility index (Phi) is 4.26. The number of methoxy groups -OCH3 is 1. The summed E-state index contributed by atoms with van der Waals surface area (Å²) in [5.41, 5.74) is 4.88. The molecule has 1 unspecified atom stereocenters. The van der Waals surface area contributed by atoms with Crippen LogP contribution < -0.4 is 9.47 Å². The molecule has 0 fully saturated rings. The number of rotatable bonds is 3. The van der Waals surface area contributed by atoms with Crippen molar-refractivity contribution in [2.24, 2.45) is 5.41 Å². The largest absolute Gasteiger partial charge is 0.618 e. The van der Waals surface area contributed by atoms with Crippen molar-refractivity contribution in [1.29, 1.82) is 0 Å². The minimum Gasteiger partial charge on any atom is -0.618 e. The first-order valence-electron chi connectivity index (χ1n) is 10.4. The molecule has 2 heterocycles. The lowest BCUT2D eigenvalue weighted by Gasteiger charge is -2.33. The van der Waals surface area contributed by atoms with Crippen molar-refractivity contribution >= 4 is 21.8 Å². The number of nitrogens with one attached hydrogen (secondary N) is 1. The minimum atomic E-state index is -0.652. The fourth-order valence-electron chi connectivity index (χ4n) is 4.93. The molecule has 5 rings (SSSR count). The summed E-state index contributed by atoms with van der Waals surface area (Å²) in [6.07, 6.45) is 1.14. The van der Waals surface area contributed by atoms with Crippen molar-refractivity contribution in [2.75, 3.05) is 7.11 Å². The maximum absolute atomic E-state index is 13.6. The molecule has 0 spiro atoms.